The maximum absolute atomic E-state index is 13.7. The van der Waals surface area contributed by atoms with Gasteiger partial charge in [-0.15, -0.1) is 0 Å². The van der Waals surface area contributed by atoms with Crippen molar-refractivity contribution >= 4 is 15.8 Å². The third-order valence-corrected chi connectivity index (χ3v) is 7.13. The molecule has 2 aromatic heterocycles. The second-order valence-electron chi connectivity index (χ2n) is 7.19. The van der Waals surface area contributed by atoms with Gasteiger partial charge in [0.15, 0.2) is 11.9 Å². The van der Waals surface area contributed by atoms with Gasteiger partial charge in [-0.3, -0.25) is 4.68 Å². The summed E-state index contributed by atoms with van der Waals surface area (Å²) in [7, 11) is -2.68. The monoisotopic (exact) mass is 414 g/mol. The van der Waals surface area contributed by atoms with Gasteiger partial charge in [0, 0.05) is 19.7 Å². The molecule has 2 atom stereocenters. The van der Waals surface area contributed by atoms with E-state index < -0.39 is 34.7 Å². The SMILES string of the molecule is Cc1nn(C)cc1S(=O)(=O)N1c2c(C#N)cnn2[C@@H](C(F)(F)F)C[C@@H]1C1CC1. The Balaban J connectivity index is 1.95. The molecule has 0 aromatic carbocycles. The number of nitrogens with zero attached hydrogens (tertiary/aromatic N) is 6. The first-order valence-corrected chi connectivity index (χ1v) is 10.1. The molecule has 0 saturated heterocycles. The van der Waals surface area contributed by atoms with Gasteiger partial charge in [0.25, 0.3) is 10.0 Å². The second-order valence-corrected chi connectivity index (χ2v) is 8.97. The van der Waals surface area contributed by atoms with Gasteiger partial charge in [-0.05, 0) is 25.7 Å². The second kappa shape index (κ2) is 5.97. The zero-order valence-corrected chi connectivity index (χ0v) is 15.9. The molecule has 12 heteroatoms. The molecule has 0 spiro atoms. The zero-order valence-electron chi connectivity index (χ0n) is 15.0. The van der Waals surface area contributed by atoms with Crippen molar-refractivity contribution in [2.24, 2.45) is 13.0 Å². The van der Waals surface area contributed by atoms with E-state index in [0.717, 1.165) is 10.5 Å². The van der Waals surface area contributed by atoms with Crippen molar-refractivity contribution in [2.75, 3.05) is 4.31 Å². The molecule has 0 bridgehead atoms. The summed E-state index contributed by atoms with van der Waals surface area (Å²) in [5.74, 6) is -0.511. The number of alkyl halides is 3. The van der Waals surface area contributed by atoms with Crippen molar-refractivity contribution < 1.29 is 21.6 Å². The largest absolute Gasteiger partial charge is 0.410 e. The number of aryl methyl sites for hydroxylation is 2. The molecule has 8 nitrogen and oxygen atoms in total. The molecule has 0 N–H and O–H groups in total. The average molecular weight is 414 g/mol. The van der Waals surface area contributed by atoms with Crippen LogP contribution in [0.1, 0.15) is 36.6 Å². The lowest BCUT2D eigenvalue weighted by Crippen LogP contribution is -2.50. The van der Waals surface area contributed by atoms with Crippen LogP contribution in [-0.4, -0.2) is 40.2 Å². The Morgan fingerprint density at radius 2 is 2.00 bits per heavy atom. The quantitative estimate of drug-likeness (QED) is 0.768. The highest BCUT2D eigenvalue weighted by molar-refractivity contribution is 7.93. The normalized spacial score (nSPS) is 22.8. The first-order chi connectivity index (χ1) is 13.1. The Labute approximate surface area is 159 Å². The van der Waals surface area contributed by atoms with E-state index in [2.05, 4.69) is 10.2 Å². The summed E-state index contributed by atoms with van der Waals surface area (Å²) >= 11 is 0. The molecule has 150 valence electrons. The third kappa shape index (κ3) is 2.76. The van der Waals surface area contributed by atoms with Gasteiger partial charge in [0.2, 0.25) is 0 Å². The molecule has 0 radical (unpaired) electrons. The standard InChI is InChI=1S/C16H17F3N6O2S/c1-9-13(8-23(2)22-9)28(26,27)25-12(10-3-4-10)5-14(16(17,18)19)24-15(25)11(6-20)7-21-24/h7-8,10,12,14H,3-5H2,1-2H3/t12-,14-/m1/s1. The summed E-state index contributed by atoms with van der Waals surface area (Å²) in [6, 6.07) is -1.09. The Morgan fingerprint density at radius 1 is 1.32 bits per heavy atom. The first-order valence-electron chi connectivity index (χ1n) is 8.64. The lowest BCUT2D eigenvalue weighted by molar-refractivity contribution is -0.174. The maximum Gasteiger partial charge on any atom is 0.410 e. The van der Waals surface area contributed by atoms with Gasteiger partial charge in [0.05, 0.1) is 17.9 Å². The van der Waals surface area contributed by atoms with Gasteiger partial charge in [0.1, 0.15) is 16.5 Å². The van der Waals surface area contributed by atoms with E-state index in [-0.39, 0.29) is 27.9 Å². The zero-order chi connectivity index (χ0) is 20.4. The van der Waals surface area contributed by atoms with E-state index in [1.807, 2.05) is 0 Å². The van der Waals surface area contributed by atoms with Crippen LogP contribution in [-0.2, 0) is 17.1 Å². The van der Waals surface area contributed by atoms with E-state index in [1.165, 1.54) is 17.8 Å². The van der Waals surface area contributed by atoms with E-state index >= 15 is 0 Å². The Hall–Kier alpha value is -2.55. The summed E-state index contributed by atoms with van der Waals surface area (Å²) in [6.07, 6.45) is -1.46. The van der Waals surface area contributed by atoms with Crippen LogP contribution in [0.15, 0.2) is 17.3 Å². The van der Waals surface area contributed by atoms with Crippen LogP contribution in [0.2, 0.25) is 0 Å². The molecule has 2 aromatic rings. The number of hydrogen-bond acceptors (Lipinski definition) is 5. The highest BCUT2D eigenvalue weighted by Crippen LogP contribution is 2.50. The number of nitriles is 1. The van der Waals surface area contributed by atoms with Gasteiger partial charge in [-0.1, -0.05) is 0 Å². The average Bonchev–Trinajstić information content (AvgIpc) is 3.26. The van der Waals surface area contributed by atoms with E-state index in [0.29, 0.717) is 17.5 Å². The fraction of sp³-hybridized carbons (Fsp3) is 0.562. The summed E-state index contributed by atoms with van der Waals surface area (Å²) in [4.78, 5) is -0.0947. The molecular formula is C16H17F3N6O2S. The molecule has 28 heavy (non-hydrogen) atoms. The highest BCUT2D eigenvalue weighted by Gasteiger charge is 2.55. The molecule has 3 heterocycles. The Morgan fingerprint density at radius 3 is 2.50 bits per heavy atom. The van der Waals surface area contributed by atoms with E-state index in [1.54, 1.807) is 13.1 Å². The summed E-state index contributed by atoms with van der Waals surface area (Å²) in [5.41, 5.74) is 0.0317. The topological polar surface area (TPSA) is 96.8 Å². The fourth-order valence-electron chi connectivity index (χ4n) is 3.83. The van der Waals surface area contributed by atoms with Crippen LogP contribution in [0, 0.1) is 24.2 Å². The lowest BCUT2D eigenvalue weighted by Gasteiger charge is -2.40. The molecular weight excluding hydrogens is 397 g/mol. The molecule has 1 aliphatic carbocycles. The van der Waals surface area contributed by atoms with Crippen LogP contribution in [0.4, 0.5) is 19.0 Å². The molecule has 0 unspecified atom stereocenters. The van der Waals surface area contributed by atoms with Crippen molar-refractivity contribution in [1.82, 2.24) is 19.6 Å². The number of hydrogen-bond donors (Lipinski definition) is 0. The summed E-state index contributed by atoms with van der Waals surface area (Å²) in [5, 5.41) is 17.2. The van der Waals surface area contributed by atoms with Crippen molar-refractivity contribution in [1.29, 1.82) is 5.26 Å². The lowest BCUT2D eigenvalue weighted by atomic mass is 9.99. The number of sulfonamides is 1. The first kappa shape index (κ1) is 18.8. The van der Waals surface area contributed by atoms with Crippen LogP contribution >= 0.6 is 0 Å². The van der Waals surface area contributed by atoms with Crippen LogP contribution < -0.4 is 4.31 Å². The van der Waals surface area contributed by atoms with E-state index in [4.69, 9.17) is 0 Å². The molecule has 4 rings (SSSR count). The number of rotatable bonds is 3. The van der Waals surface area contributed by atoms with Crippen molar-refractivity contribution in [2.45, 2.75) is 49.3 Å². The maximum atomic E-state index is 13.7. The van der Waals surface area contributed by atoms with Gasteiger partial charge in [-0.2, -0.15) is 28.6 Å². The number of aromatic nitrogens is 4. The minimum Gasteiger partial charge on any atom is -0.274 e. The molecule has 0 amide bonds. The number of halogens is 3. The Kier molecular flexibility index (Phi) is 4.01. The van der Waals surface area contributed by atoms with Crippen molar-refractivity contribution in [3.63, 3.8) is 0 Å². The smallest absolute Gasteiger partial charge is 0.274 e. The van der Waals surface area contributed by atoms with Crippen molar-refractivity contribution in [3.05, 3.63) is 23.7 Å². The summed E-state index contributed by atoms with van der Waals surface area (Å²) in [6.45, 7) is 1.52. The molecule has 1 fully saturated rings. The molecule has 1 aliphatic heterocycles. The van der Waals surface area contributed by atoms with E-state index in [9.17, 15) is 26.9 Å². The van der Waals surface area contributed by atoms with Gasteiger partial charge >= 0.3 is 6.18 Å². The van der Waals surface area contributed by atoms with Crippen molar-refractivity contribution in [3.8, 4) is 6.07 Å². The summed E-state index contributed by atoms with van der Waals surface area (Å²) < 4.78 is 71.0. The highest BCUT2D eigenvalue weighted by atomic mass is 32.2. The predicted molar refractivity (Wildman–Crippen MR) is 90.8 cm³/mol. The number of anilines is 1. The third-order valence-electron chi connectivity index (χ3n) is 5.21. The fourth-order valence-corrected chi connectivity index (χ4v) is 5.77. The van der Waals surface area contributed by atoms with Crippen LogP contribution in [0.3, 0.4) is 0 Å². The predicted octanol–water partition coefficient (Wildman–Crippen LogP) is 2.28. The minimum atomic E-state index is -4.61. The molecule has 1 saturated carbocycles. The van der Waals surface area contributed by atoms with Crippen LogP contribution in [0.5, 0.6) is 0 Å². The number of fused-ring (bicyclic) bond motifs is 1. The van der Waals surface area contributed by atoms with Gasteiger partial charge in [-0.25, -0.2) is 17.4 Å². The minimum absolute atomic E-state index is 0.0947. The van der Waals surface area contributed by atoms with Gasteiger partial charge < -0.3 is 0 Å². The van der Waals surface area contributed by atoms with Crippen LogP contribution in [0.25, 0.3) is 0 Å². The molecule has 2 aliphatic rings. The Bertz CT molecular complexity index is 1080.